The summed E-state index contributed by atoms with van der Waals surface area (Å²) in [7, 11) is 0. The summed E-state index contributed by atoms with van der Waals surface area (Å²) in [5.41, 5.74) is 0.963. The van der Waals surface area contributed by atoms with Crippen molar-refractivity contribution in [3.05, 3.63) is 67.6 Å². The number of amides is 2. The molecule has 1 heterocycles. The van der Waals surface area contributed by atoms with Gasteiger partial charge in [-0.1, -0.05) is 51.3 Å². The Morgan fingerprint density at radius 1 is 0.938 bits per heavy atom. The van der Waals surface area contributed by atoms with E-state index in [2.05, 4.69) is 15.9 Å². The first-order valence-electron chi connectivity index (χ1n) is 10.1. The summed E-state index contributed by atoms with van der Waals surface area (Å²) >= 11 is 15.3. The third-order valence-electron chi connectivity index (χ3n) is 5.87. The molecule has 2 aliphatic rings. The molecule has 0 atom stereocenters. The molecule has 32 heavy (non-hydrogen) atoms. The van der Waals surface area contributed by atoms with Crippen LogP contribution in [-0.2, 0) is 9.53 Å². The van der Waals surface area contributed by atoms with Gasteiger partial charge in [-0.3, -0.25) is 24.1 Å². The third kappa shape index (κ3) is 4.47. The molecule has 1 fully saturated rings. The third-order valence-corrected chi connectivity index (χ3v) is 7.12. The Balaban J connectivity index is 1.32. The SMILES string of the molecule is O=C(COC(=O)C1CCC(N2C(=O)c3cc(Cl)c(Cl)cc3C2=O)CC1)c1ccc(Br)cc1. The van der Waals surface area contributed by atoms with Crippen molar-refractivity contribution in [1.29, 1.82) is 0 Å². The molecule has 2 aromatic carbocycles. The summed E-state index contributed by atoms with van der Waals surface area (Å²) in [5.74, 6) is -1.87. The van der Waals surface area contributed by atoms with Crippen molar-refractivity contribution in [3.63, 3.8) is 0 Å². The van der Waals surface area contributed by atoms with E-state index in [1.807, 2.05) is 0 Å². The number of Topliss-reactive ketones (excluding diaryl/α,β-unsaturated/α-hetero) is 1. The van der Waals surface area contributed by atoms with Crippen LogP contribution in [0.3, 0.4) is 0 Å². The van der Waals surface area contributed by atoms with E-state index < -0.39 is 17.8 Å². The van der Waals surface area contributed by atoms with Gasteiger partial charge in [0.15, 0.2) is 12.4 Å². The second-order valence-electron chi connectivity index (χ2n) is 7.84. The lowest BCUT2D eigenvalue weighted by molar-refractivity contribution is -0.148. The molecule has 0 unspecified atom stereocenters. The van der Waals surface area contributed by atoms with E-state index in [9.17, 15) is 19.2 Å². The number of carbonyl (C=O) groups excluding carboxylic acids is 4. The van der Waals surface area contributed by atoms with Crippen LogP contribution < -0.4 is 0 Å². The molecule has 1 saturated carbocycles. The first kappa shape index (κ1) is 23.0. The zero-order valence-corrected chi connectivity index (χ0v) is 19.9. The van der Waals surface area contributed by atoms with Gasteiger partial charge >= 0.3 is 5.97 Å². The van der Waals surface area contributed by atoms with E-state index in [1.165, 1.54) is 17.0 Å². The zero-order chi connectivity index (χ0) is 23.0. The van der Waals surface area contributed by atoms with Crippen LogP contribution in [0.2, 0.25) is 10.0 Å². The fourth-order valence-electron chi connectivity index (χ4n) is 4.13. The number of fused-ring (bicyclic) bond motifs is 1. The number of hydrogen-bond donors (Lipinski definition) is 0. The number of hydrogen-bond acceptors (Lipinski definition) is 5. The van der Waals surface area contributed by atoms with E-state index in [0.29, 0.717) is 31.2 Å². The number of benzene rings is 2. The van der Waals surface area contributed by atoms with Crippen molar-refractivity contribution in [1.82, 2.24) is 4.90 Å². The van der Waals surface area contributed by atoms with E-state index in [-0.39, 0.29) is 45.5 Å². The largest absolute Gasteiger partial charge is 0.457 e. The van der Waals surface area contributed by atoms with Crippen LogP contribution in [0.5, 0.6) is 0 Å². The number of rotatable bonds is 5. The molecule has 0 N–H and O–H groups in total. The van der Waals surface area contributed by atoms with Gasteiger partial charge in [-0.05, 0) is 49.9 Å². The average molecular weight is 539 g/mol. The molecule has 4 rings (SSSR count). The minimum Gasteiger partial charge on any atom is -0.457 e. The Kier molecular flexibility index (Phi) is 6.70. The van der Waals surface area contributed by atoms with Crippen LogP contribution in [0.4, 0.5) is 0 Å². The van der Waals surface area contributed by atoms with Crippen LogP contribution in [0.15, 0.2) is 40.9 Å². The molecule has 0 spiro atoms. The molecule has 166 valence electrons. The Hall–Kier alpha value is -2.22. The van der Waals surface area contributed by atoms with Crippen molar-refractivity contribution < 1.29 is 23.9 Å². The smallest absolute Gasteiger partial charge is 0.309 e. The quantitative estimate of drug-likeness (QED) is 0.292. The van der Waals surface area contributed by atoms with Crippen molar-refractivity contribution in [2.45, 2.75) is 31.7 Å². The van der Waals surface area contributed by atoms with Gasteiger partial charge in [-0.25, -0.2) is 0 Å². The molecule has 6 nitrogen and oxygen atoms in total. The summed E-state index contributed by atoms with van der Waals surface area (Å²) in [5, 5.41) is 0.440. The number of esters is 1. The Morgan fingerprint density at radius 3 is 2.00 bits per heavy atom. The predicted octanol–water partition coefficient (Wildman–Crippen LogP) is 5.34. The number of carbonyl (C=O) groups is 4. The van der Waals surface area contributed by atoms with Gasteiger partial charge in [0, 0.05) is 16.1 Å². The Bertz CT molecular complexity index is 1070. The number of nitrogens with zero attached hydrogens (tertiary/aromatic N) is 1. The van der Waals surface area contributed by atoms with Crippen LogP contribution in [0, 0.1) is 5.92 Å². The number of halogens is 3. The predicted molar refractivity (Wildman–Crippen MR) is 122 cm³/mol. The topological polar surface area (TPSA) is 80.8 Å². The monoisotopic (exact) mass is 537 g/mol. The second-order valence-corrected chi connectivity index (χ2v) is 9.57. The second kappa shape index (κ2) is 9.33. The molecular weight excluding hydrogens is 521 g/mol. The fraction of sp³-hybridized carbons (Fsp3) is 0.304. The lowest BCUT2D eigenvalue weighted by Gasteiger charge is -2.32. The van der Waals surface area contributed by atoms with Crippen LogP contribution in [0.1, 0.15) is 56.8 Å². The number of ketones is 1. The van der Waals surface area contributed by atoms with E-state index in [4.69, 9.17) is 27.9 Å². The average Bonchev–Trinajstić information content (AvgIpc) is 3.02. The highest BCUT2D eigenvalue weighted by atomic mass is 79.9. The van der Waals surface area contributed by atoms with Crippen LogP contribution in [-0.4, -0.2) is 41.1 Å². The normalized spacial score (nSPS) is 20.3. The van der Waals surface area contributed by atoms with Gasteiger partial charge in [-0.2, -0.15) is 0 Å². The van der Waals surface area contributed by atoms with Crippen molar-refractivity contribution in [3.8, 4) is 0 Å². The summed E-state index contributed by atoms with van der Waals surface area (Å²) in [6.07, 6.45) is 1.89. The van der Waals surface area contributed by atoms with Crippen molar-refractivity contribution in [2.24, 2.45) is 5.92 Å². The summed E-state index contributed by atoms with van der Waals surface area (Å²) in [6, 6.07) is 9.35. The highest BCUT2D eigenvalue weighted by Gasteiger charge is 2.42. The molecule has 1 aliphatic heterocycles. The van der Waals surface area contributed by atoms with E-state index >= 15 is 0 Å². The van der Waals surface area contributed by atoms with Crippen molar-refractivity contribution in [2.75, 3.05) is 6.61 Å². The maximum atomic E-state index is 12.8. The summed E-state index contributed by atoms with van der Waals surface area (Å²) < 4.78 is 6.08. The molecule has 1 aliphatic carbocycles. The minimum absolute atomic E-state index is 0.220. The van der Waals surface area contributed by atoms with Gasteiger partial charge in [0.05, 0.1) is 27.1 Å². The molecule has 0 aromatic heterocycles. The molecule has 2 aromatic rings. The van der Waals surface area contributed by atoms with Gasteiger partial charge in [0.25, 0.3) is 11.8 Å². The lowest BCUT2D eigenvalue weighted by Crippen LogP contribution is -2.42. The van der Waals surface area contributed by atoms with E-state index in [0.717, 1.165) is 4.47 Å². The van der Waals surface area contributed by atoms with E-state index in [1.54, 1.807) is 24.3 Å². The molecular formula is C23H18BrCl2NO5. The first-order valence-corrected chi connectivity index (χ1v) is 11.6. The number of ether oxygens (including phenoxy) is 1. The fourth-order valence-corrected chi connectivity index (χ4v) is 4.72. The Labute approximate surface area is 202 Å². The number of imide groups is 1. The first-order chi connectivity index (χ1) is 15.3. The molecule has 0 radical (unpaired) electrons. The Morgan fingerprint density at radius 2 is 1.47 bits per heavy atom. The molecule has 2 amide bonds. The minimum atomic E-state index is -0.435. The van der Waals surface area contributed by atoms with Gasteiger partial charge in [0.1, 0.15) is 0 Å². The van der Waals surface area contributed by atoms with Crippen LogP contribution >= 0.6 is 39.1 Å². The highest BCUT2D eigenvalue weighted by molar-refractivity contribution is 9.10. The van der Waals surface area contributed by atoms with Gasteiger partial charge in [0.2, 0.25) is 0 Å². The standard InChI is InChI=1S/C23H18BrCl2NO5/c24-14-5-1-12(2-6-14)20(28)11-32-23(31)13-3-7-15(8-4-13)27-21(29)16-9-18(25)19(26)10-17(16)22(27)30/h1-2,5-6,9-10,13,15H,3-4,7-8,11H2. The van der Waals surface area contributed by atoms with Gasteiger partial charge in [-0.15, -0.1) is 0 Å². The maximum Gasteiger partial charge on any atom is 0.309 e. The maximum absolute atomic E-state index is 12.8. The van der Waals surface area contributed by atoms with Gasteiger partial charge < -0.3 is 4.74 Å². The lowest BCUT2D eigenvalue weighted by atomic mass is 9.85. The summed E-state index contributed by atoms with van der Waals surface area (Å²) in [6.45, 7) is -0.319. The molecule has 0 saturated heterocycles. The highest BCUT2D eigenvalue weighted by Crippen LogP contribution is 2.36. The zero-order valence-electron chi connectivity index (χ0n) is 16.8. The molecule has 0 bridgehead atoms. The van der Waals surface area contributed by atoms with Crippen molar-refractivity contribution >= 4 is 62.7 Å². The summed E-state index contributed by atoms with van der Waals surface area (Å²) in [4.78, 5) is 51.5. The molecule has 9 heteroatoms. The van der Waals surface area contributed by atoms with Crippen LogP contribution in [0.25, 0.3) is 0 Å².